The molecule has 1 heterocycles. The molecule has 0 aliphatic rings. The summed E-state index contributed by atoms with van der Waals surface area (Å²) in [5.74, 6) is -1.41. The van der Waals surface area contributed by atoms with Crippen LogP contribution in [0.1, 0.15) is 30.0 Å². The summed E-state index contributed by atoms with van der Waals surface area (Å²) in [6.45, 7) is 1.94. The topological polar surface area (TPSA) is 38.0 Å². The fourth-order valence-electron chi connectivity index (χ4n) is 1.88. The van der Waals surface area contributed by atoms with Gasteiger partial charge in [-0.3, -0.25) is 4.68 Å². The number of hydrogen-bond acceptors (Lipinski definition) is 2. The monoisotopic (exact) mass is 252 g/mol. The summed E-state index contributed by atoms with van der Waals surface area (Å²) in [4.78, 5) is 0. The van der Waals surface area contributed by atoms with Crippen molar-refractivity contribution in [1.29, 1.82) is 0 Å². The average molecular weight is 252 g/mol. The van der Waals surface area contributed by atoms with Crippen LogP contribution in [0.4, 0.5) is 8.78 Å². The number of benzene rings is 1. The highest BCUT2D eigenvalue weighted by atomic mass is 19.1. The van der Waals surface area contributed by atoms with E-state index in [0.717, 1.165) is 30.3 Å². The Labute approximate surface area is 104 Å². The van der Waals surface area contributed by atoms with Crippen LogP contribution in [-0.4, -0.2) is 14.9 Å². The maximum atomic E-state index is 13.1. The number of aryl methyl sites for hydroxylation is 2. The molecule has 1 aromatic carbocycles. The Morgan fingerprint density at radius 2 is 1.83 bits per heavy atom. The van der Waals surface area contributed by atoms with Crippen molar-refractivity contribution in [3.05, 3.63) is 52.9 Å². The van der Waals surface area contributed by atoms with Crippen LogP contribution in [0.2, 0.25) is 0 Å². The largest absolute Gasteiger partial charge is 0.382 e. The third kappa shape index (κ3) is 2.41. The van der Waals surface area contributed by atoms with Crippen molar-refractivity contribution in [2.75, 3.05) is 0 Å². The van der Waals surface area contributed by atoms with E-state index in [0.29, 0.717) is 5.69 Å². The van der Waals surface area contributed by atoms with Gasteiger partial charge < -0.3 is 5.11 Å². The van der Waals surface area contributed by atoms with Crippen LogP contribution in [0.3, 0.4) is 0 Å². The Balaban J connectivity index is 2.40. The SMILES string of the molecule is CCc1cc(C(O)c2cc(F)cc(F)c2)n(C)n1. The third-order valence-corrected chi connectivity index (χ3v) is 2.81. The molecular formula is C13H14F2N2O. The van der Waals surface area contributed by atoms with Gasteiger partial charge in [-0.1, -0.05) is 6.92 Å². The van der Waals surface area contributed by atoms with Crippen molar-refractivity contribution in [2.24, 2.45) is 7.05 Å². The molecule has 0 fully saturated rings. The van der Waals surface area contributed by atoms with Gasteiger partial charge in [0.05, 0.1) is 11.4 Å². The van der Waals surface area contributed by atoms with Crippen LogP contribution >= 0.6 is 0 Å². The minimum atomic E-state index is -1.09. The Morgan fingerprint density at radius 1 is 1.22 bits per heavy atom. The lowest BCUT2D eigenvalue weighted by atomic mass is 10.1. The van der Waals surface area contributed by atoms with Gasteiger partial charge in [-0.05, 0) is 30.2 Å². The first kappa shape index (κ1) is 12.7. The second-order valence-electron chi connectivity index (χ2n) is 4.14. The highest BCUT2D eigenvalue weighted by Gasteiger charge is 2.17. The molecule has 3 nitrogen and oxygen atoms in total. The highest BCUT2D eigenvalue weighted by Crippen LogP contribution is 2.23. The zero-order chi connectivity index (χ0) is 13.3. The van der Waals surface area contributed by atoms with Crippen molar-refractivity contribution in [2.45, 2.75) is 19.4 Å². The van der Waals surface area contributed by atoms with E-state index in [9.17, 15) is 13.9 Å². The molecule has 0 bridgehead atoms. The maximum absolute atomic E-state index is 13.1. The van der Waals surface area contributed by atoms with Crippen molar-refractivity contribution >= 4 is 0 Å². The Hall–Kier alpha value is -1.75. The molecule has 0 aliphatic heterocycles. The predicted molar refractivity (Wildman–Crippen MR) is 63.0 cm³/mol. The maximum Gasteiger partial charge on any atom is 0.126 e. The van der Waals surface area contributed by atoms with Gasteiger partial charge in [0.2, 0.25) is 0 Å². The smallest absolute Gasteiger partial charge is 0.126 e. The highest BCUT2D eigenvalue weighted by molar-refractivity contribution is 5.28. The van der Waals surface area contributed by atoms with E-state index in [1.807, 2.05) is 6.92 Å². The van der Waals surface area contributed by atoms with E-state index in [1.165, 1.54) is 4.68 Å². The number of aliphatic hydroxyl groups excluding tert-OH is 1. The fourth-order valence-corrected chi connectivity index (χ4v) is 1.88. The van der Waals surface area contributed by atoms with Crippen molar-refractivity contribution < 1.29 is 13.9 Å². The summed E-state index contributed by atoms with van der Waals surface area (Å²) < 4.78 is 27.7. The summed E-state index contributed by atoms with van der Waals surface area (Å²) in [6.07, 6.45) is -0.356. The molecule has 2 aromatic rings. The van der Waals surface area contributed by atoms with Crippen LogP contribution in [0.15, 0.2) is 24.3 Å². The van der Waals surface area contributed by atoms with Crippen molar-refractivity contribution in [1.82, 2.24) is 9.78 Å². The second-order valence-corrected chi connectivity index (χ2v) is 4.14. The van der Waals surface area contributed by atoms with E-state index < -0.39 is 17.7 Å². The normalized spacial score (nSPS) is 12.7. The second kappa shape index (κ2) is 4.86. The molecule has 2 rings (SSSR count). The van der Waals surface area contributed by atoms with Gasteiger partial charge in [0, 0.05) is 13.1 Å². The molecule has 96 valence electrons. The number of rotatable bonds is 3. The van der Waals surface area contributed by atoms with Crippen LogP contribution in [0.5, 0.6) is 0 Å². The quantitative estimate of drug-likeness (QED) is 0.910. The molecule has 0 aliphatic carbocycles. The lowest BCUT2D eigenvalue weighted by Gasteiger charge is -2.11. The van der Waals surface area contributed by atoms with E-state index in [2.05, 4.69) is 5.10 Å². The number of nitrogens with zero attached hydrogens (tertiary/aromatic N) is 2. The van der Waals surface area contributed by atoms with Crippen molar-refractivity contribution in [3.8, 4) is 0 Å². The first-order valence-electron chi connectivity index (χ1n) is 5.68. The molecule has 1 unspecified atom stereocenters. The van der Waals surface area contributed by atoms with E-state index >= 15 is 0 Å². The summed E-state index contributed by atoms with van der Waals surface area (Å²) in [5.41, 5.74) is 1.51. The number of hydrogen-bond donors (Lipinski definition) is 1. The molecule has 0 radical (unpaired) electrons. The van der Waals surface area contributed by atoms with Crippen LogP contribution in [-0.2, 0) is 13.5 Å². The van der Waals surface area contributed by atoms with E-state index in [1.54, 1.807) is 13.1 Å². The first-order chi connectivity index (χ1) is 8.51. The number of aromatic nitrogens is 2. The molecule has 1 N–H and O–H groups in total. The molecule has 0 spiro atoms. The van der Waals surface area contributed by atoms with Gasteiger partial charge in [0.1, 0.15) is 17.7 Å². The molecule has 1 aromatic heterocycles. The fraction of sp³-hybridized carbons (Fsp3) is 0.308. The third-order valence-electron chi connectivity index (χ3n) is 2.81. The molecule has 18 heavy (non-hydrogen) atoms. The lowest BCUT2D eigenvalue weighted by Crippen LogP contribution is -2.07. The summed E-state index contributed by atoms with van der Waals surface area (Å²) >= 11 is 0. The van der Waals surface area contributed by atoms with Crippen LogP contribution < -0.4 is 0 Å². The Kier molecular flexibility index (Phi) is 3.43. The van der Waals surface area contributed by atoms with E-state index in [-0.39, 0.29) is 5.56 Å². The minimum Gasteiger partial charge on any atom is -0.382 e. The Morgan fingerprint density at radius 3 is 2.33 bits per heavy atom. The van der Waals surface area contributed by atoms with Crippen LogP contribution in [0.25, 0.3) is 0 Å². The van der Waals surface area contributed by atoms with Gasteiger partial charge in [0.25, 0.3) is 0 Å². The van der Waals surface area contributed by atoms with Gasteiger partial charge >= 0.3 is 0 Å². The zero-order valence-corrected chi connectivity index (χ0v) is 10.2. The standard InChI is InChI=1S/C13H14F2N2O/c1-3-11-7-12(17(2)16-11)13(18)8-4-9(14)6-10(15)5-8/h4-7,13,18H,3H2,1-2H3. The zero-order valence-electron chi connectivity index (χ0n) is 10.2. The number of aliphatic hydroxyl groups is 1. The van der Waals surface area contributed by atoms with Crippen LogP contribution in [0, 0.1) is 11.6 Å². The summed E-state index contributed by atoms with van der Waals surface area (Å²) in [5, 5.41) is 14.3. The van der Waals surface area contributed by atoms with Gasteiger partial charge in [-0.25, -0.2) is 8.78 Å². The van der Waals surface area contributed by atoms with Gasteiger partial charge in [-0.2, -0.15) is 5.10 Å². The average Bonchev–Trinajstić information content (AvgIpc) is 2.68. The molecule has 0 amide bonds. The van der Waals surface area contributed by atoms with Crippen molar-refractivity contribution in [3.63, 3.8) is 0 Å². The predicted octanol–water partition coefficient (Wildman–Crippen LogP) is 2.34. The van der Waals surface area contributed by atoms with Gasteiger partial charge in [-0.15, -0.1) is 0 Å². The molecule has 5 heteroatoms. The Bertz CT molecular complexity index is 546. The summed E-state index contributed by atoms with van der Waals surface area (Å²) in [6, 6.07) is 4.74. The van der Waals surface area contributed by atoms with Gasteiger partial charge in [0.15, 0.2) is 0 Å². The first-order valence-corrected chi connectivity index (χ1v) is 5.68. The molecule has 0 saturated heterocycles. The number of halogens is 2. The molecule has 1 atom stereocenters. The molecular weight excluding hydrogens is 238 g/mol. The minimum absolute atomic E-state index is 0.179. The lowest BCUT2D eigenvalue weighted by molar-refractivity contribution is 0.208. The molecule has 0 saturated carbocycles. The van der Waals surface area contributed by atoms with E-state index in [4.69, 9.17) is 0 Å². The summed E-state index contributed by atoms with van der Waals surface area (Å²) in [7, 11) is 1.69.